The maximum absolute atomic E-state index is 11.5. The van der Waals surface area contributed by atoms with E-state index in [1.807, 2.05) is 0 Å². The number of nitrogens with zero attached hydrogens (tertiary/aromatic N) is 1. The molecule has 0 heterocycles. The van der Waals surface area contributed by atoms with Gasteiger partial charge in [-0.25, -0.2) is 5.43 Å². The lowest BCUT2D eigenvalue weighted by Gasteiger charge is -2.22. The molecule has 1 aromatic carbocycles. The highest BCUT2D eigenvalue weighted by Gasteiger charge is 2.24. The quantitative estimate of drug-likeness (QED) is 0.665. The Kier molecular flexibility index (Phi) is 3.78. The van der Waals surface area contributed by atoms with E-state index in [-0.39, 0.29) is 17.6 Å². The van der Waals surface area contributed by atoms with Crippen LogP contribution in [0, 0.1) is 5.92 Å². The van der Waals surface area contributed by atoms with Crippen LogP contribution in [0.25, 0.3) is 0 Å². The maximum atomic E-state index is 11.5. The van der Waals surface area contributed by atoms with E-state index in [0.29, 0.717) is 5.56 Å². The molecule has 0 saturated heterocycles. The largest absolute Gasteiger partial charge is 0.507 e. The summed E-state index contributed by atoms with van der Waals surface area (Å²) >= 11 is 3.30. The van der Waals surface area contributed by atoms with Crippen LogP contribution in [0.5, 0.6) is 5.75 Å². The van der Waals surface area contributed by atoms with Gasteiger partial charge in [0.25, 0.3) is 0 Å². The molecule has 1 aliphatic rings. The molecule has 0 radical (unpaired) electrons. The van der Waals surface area contributed by atoms with E-state index >= 15 is 0 Å². The number of carbonyl (C=O) groups excluding carboxylic acids is 1. The molecule has 0 aliphatic heterocycles. The Morgan fingerprint density at radius 3 is 2.94 bits per heavy atom. The monoisotopic (exact) mass is 296 g/mol. The second-order valence-electron chi connectivity index (χ2n) is 4.07. The van der Waals surface area contributed by atoms with Crippen LogP contribution in [-0.4, -0.2) is 17.2 Å². The zero-order valence-electron chi connectivity index (χ0n) is 9.19. The molecule has 1 aromatic rings. The van der Waals surface area contributed by atoms with E-state index in [1.54, 1.807) is 18.2 Å². The van der Waals surface area contributed by atoms with Gasteiger partial charge in [-0.3, -0.25) is 4.79 Å². The highest BCUT2D eigenvalue weighted by molar-refractivity contribution is 9.10. The summed E-state index contributed by atoms with van der Waals surface area (Å²) in [6.45, 7) is 0. The number of aromatic hydroxyl groups is 1. The molecule has 1 fully saturated rings. The van der Waals surface area contributed by atoms with Crippen LogP contribution in [0.4, 0.5) is 0 Å². The minimum Gasteiger partial charge on any atom is -0.507 e. The van der Waals surface area contributed by atoms with Crippen LogP contribution in [-0.2, 0) is 4.79 Å². The molecule has 0 spiro atoms. The average molecular weight is 297 g/mol. The van der Waals surface area contributed by atoms with Crippen molar-refractivity contribution in [2.45, 2.75) is 19.3 Å². The van der Waals surface area contributed by atoms with Crippen LogP contribution >= 0.6 is 15.9 Å². The van der Waals surface area contributed by atoms with Gasteiger partial charge >= 0.3 is 0 Å². The smallest absolute Gasteiger partial charge is 0.243 e. The van der Waals surface area contributed by atoms with Crippen molar-refractivity contribution in [3.63, 3.8) is 0 Å². The van der Waals surface area contributed by atoms with Gasteiger partial charge in [-0.05, 0) is 31.0 Å². The van der Waals surface area contributed by atoms with E-state index < -0.39 is 0 Å². The van der Waals surface area contributed by atoms with E-state index in [1.165, 1.54) is 6.21 Å². The molecule has 1 amide bonds. The Hall–Kier alpha value is -1.36. The lowest BCUT2D eigenvalue weighted by Crippen LogP contribution is -2.31. The van der Waals surface area contributed by atoms with Crippen molar-refractivity contribution in [1.29, 1.82) is 0 Å². The summed E-state index contributed by atoms with van der Waals surface area (Å²) in [7, 11) is 0. The summed E-state index contributed by atoms with van der Waals surface area (Å²) in [5.74, 6) is 0.208. The van der Waals surface area contributed by atoms with Gasteiger partial charge in [-0.15, -0.1) is 0 Å². The molecule has 2 N–H and O–H groups in total. The van der Waals surface area contributed by atoms with Gasteiger partial charge in [0.1, 0.15) is 5.75 Å². The van der Waals surface area contributed by atoms with Gasteiger partial charge in [-0.1, -0.05) is 22.4 Å². The third-order valence-electron chi connectivity index (χ3n) is 2.84. The van der Waals surface area contributed by atoms with Gasteiger partial charge in [0.05, 0.1) is 6.21 Å². The summed E-state index contributed by atoms with van der Waals surface area (Å²) in [5.41, 5.74) is 3.05. The third-order valence-corrected chi connectivity index (χ3v) is 3.34. The van der Waals surface area contributed by atoms with Gasteiger partial charge < -0.3 is 5.11 Å². The Morgan fingerprint density at radius 1 is 1.53 bits per heavy atom. The fourth-order valence-corrected chi connectivity index (χ4v) is 1.93. The Bertz CT molecular complexity index is 456. The predicted molar refractivity (Wildman–Crippen MR) is 68.9 cm³/mol. The standard InChI is InChI=1S/C12H13BrN2O2/c13-10-4-5-11(16)9(6-10)7-14-15-12(17)8-2-1-3-8/h4-8,16H,1-3H2,(H,15,17). The molecule has 5 heteroatoms. The predicted octanol–water partition coefficient (Wildman–Crippen LogP) is 2.40. The van der Waals surface area contributed by atoms with E-state index in [9.17, 15) is 9.90 Å². The van der Waals surface area contributed by atoms with Crippen molar-refractivity contribution < 1.29 is 9.90 Å². The number of hydrogen-bond acceptors (Lipinski definition) is 3. The lowest BCUT2D eigenvalue weighted by molar-refractivity contribution is -0.127. The maximum Gasteiger partial charge on any atom is 0.243 e. The minimum absolute atomic E-state index is 0.0398. The molecule has 0 unspecified atom stereocenters. The first kappa shape index (κ1) is 12.1. The van der Waals surface area contributed by atoms with Crippen LogP contribution in [0.3, 0.4) is 0 Å². The van der Waals surface area contributed by atoms with Crippen molar-refractivity contribution in [3.05, 3.63) is 28.2 Å². The fourth-order valence-electron chi connectivity index (χ4n) is 1.56. The number of hydrazone groups is 1. The molecular formula is C12H13BrN2O2. The molecule has 0 aromatic heterocycles. The highest BCUT2D eigenvalue weighted by Crippen LogP contribution is 2.26. The van der Waals surface area contributed by atoms with E-state index in [4.69, 9.17) is 0 Å². The number of halogens is 1. The minimum atomic E-state index is -0.0398. The molecular weight excluding hydrogens is 284 g/mol. The van der Waals surface area contributed by atoms with Crippen LogP contribution < -0.4 is 5.43 Å². The van der Waals surface area contributed by atoms with Crippen molar-refractivity contribution in [3.8, 4) is 5.75 Å². The number of hydrogen-bond donors (Lipinski definition) is 2. The van der Waals surface area contributed by atoms with E-state index in [0.717, 1.165) is 23.7 Å². The molecule has 90 valence electrons. The second kappa shape index (κ2) is 5.31. The van der Waals surface area contributed by atoms with Crippen LogP contribution in [0.1, 0.15) is 24.8 Å². The zero-order valence-corrected chi connectivity index (χ0v) is 10.8. The summed E-state index contributed by atoms with van der Waals surface area (Å²) < 4.78 is 0.849. The Morgan fingerprint density at radius 2 is 2.29 bits per heavy atom. The summed E-state index contributed by atoms with van der Waals surface area (Å²) in [5, 5.41) is 13.4. The number of carbonyl (C=O) groups is 1. The normalized spacial score (nSPS) is 15.8. The number of benzene rings is 1. The number of amides is 1. The number of nitrogens with one attached hydrogen (secondary N) is 1. The van der Waals surface area contributed by atoms with Crippen molar-refractivity contribution in [2.75, 3.05) is 0 Å². The number of phenolic OH excluding ortho intramolecular Hbond substituents is 1. The molecule has 0 bridgehead atoms. The first-order valence-corrected chi connectivity index (χ1v) is 6.27. The molecule has 17 heavy (non-hydrogen) atoms. The molecule has 1 aliphatic carbocycles. The van der Waals surface area contributed by atoms with Gasteiger partial charge in [0.15, 0.2) is 0 Å². The van der Waals surface area contributed by atoms with Gasteiger partial charge in [-0.2, -0.15) is 5.10 Å². The Labute approximate surface area is 108 Å². The molecule has 4 nitrogen and oxygen atoms in total. The van der Waals surface area contributed by atoms with Crippen LogP contribution in [0.2, 0.25) is 0 Å². The summed E-state index contributed by atoms with van der Waals surface area (Å²) in [4.78, 5) is 11.5. The number of phenols is 1. The van der Waals surface area contributed by atoms with Crippen molar-refractivity contribution in [2.24, 2.45) is 11.0 Å². The molecule has 1 saturated carbocycles. The second-order valence-corrected chi connectivity index (χ2v) is 4.98. The topological polar surface area (TPSA) is 61.7 Å². The van der Waals surface area contributed by atoms with Gasteiger partial charge in [0.2, 0.25) is 5.91 Å². The lowest BCUT2D eigenvalue weighted by atomic mass is 9.85. The molecule has 2 rings (SSSR count). The molecule has 0 atom stereocenters. The first-order chi connectivity index (χ1) is 8.16. The van der Waals surface area contributed by atoms with Crippen LogP contribution in [0.15, 0.2) is 27.8 Å². The fraction of sp³-hybridized carbons (Fsp3) is 0.333. The van der Waals surface area contributed by atoms with Crippen molar-refractivity contribution >= 4 is 28.1 Å². The number of rotatable bonds is 3. The third kappa shape index (κ3) is 3.06. The average Bonchev–Trinajstić information content (AvgIpc) is 2.20. The first-order valence-electron chi connectivity index (χ1n) is 5.48. The van der Waals surface area contributed by atoms with Gasteiger partial charge in [0, 0.05) is 16.0 Å². The zero-order chi connectivity index (χ0) is 12.3. The summed E-state index contributed by atoms with van der Waals surface area (Å²) in [6.07, 6.45) is 4.46. The Balaban J connectivity index is 1.95. The summed E-state index contributed by atoms with van der Waals surface area (Å²) in [6, 6.07) is 5.03. The SMILES string of the molecule is O=C(NN=Cc1cc(Br)ccc1O)C1CCC1. The highest BCUT2D eigenvalue weighted by atomic mass is 79.9. The van der Waals surface area contributed by atoms with E-state index in [2.05, 4.69) is 26.5 Å². The van der Waals surface area contributed by atoms with Crippen molar-refractivity contribution in [1.82, 2.24) is 5.43 Å².